The predicted octanol–water partition coefficient (Wildman–Crippen LogP) is 3.96. The van der Waals surface area contributed by atoms with Crippen molar-refractivity contribution in [3.05, 3.63) is 72.6 Å². The van der Waals surface area contributed by atoms with Gasteiger partial charge in [-0.2, -0.15) is 4.98 Å². The van der Waals surface area contributed by atoms with E-state index in [9.17, 15) is 4.79 Å². The maximum atomic E-state index is 13.3. The third-order valence-corrected chi connectivity index (χ3v) is 4.84. The van der Waals surface area contributed by atoms with Crippen LogP contribution >= 0.6 is 0 Å². The molecule has 0 radical (unpaired) electrons. The minimum atomic E-state index is -0.161. The maximum absolute atomic E-state index is 13.3. The lowest BCUT2D eigenvalue weighted by Gasteiger charge is -2.33. The molecule has 7 heteroatoms. The molecule has 4 rings (SSSR count). The van der Waals surface area contributed by atoms with Gasteiger partial charge in [-0.25, -0.2) is 0 Å². The summed E-state index contributed by atoms with van der Waals surface area (Å²) in [6, 6.07) is 16.7. The number of carbonyl (C=O) groups is 1. The van der Waals surface area contributed by atoms with Crippen LogP contribution in [-0.4, -0.2) is 47.1 Å². The van der Waals surface area contributed by atoms with Crippen molar-refractivity contribution in [2.75, 3.05) is 20.2 Å². The summed E-state index contributed by atoms with van der Waals surface area (Å²) in [5.74, 6) is 1.93. The molecule has 1 aromatic heterocycles. The number of carbonyl (C=O) groups excluding carboxylic acids is 1. The molecule has 0 N–H and O–H groups in total. The summed E-state index contributed by atoms with van der Waals surface area (Å²) in [6.07, 6.45) is 4.59. The summed E-state index contributed by atoms with van der Waals surface area (Å²) in [4.78, 5) is 23.4. The Bertz CT molecular complexity index is 997. The lowest BCUT2D eigenvalue weighted by atomic mass is 10.1. The fourth-order valence-corrected chi connectivity index (χ4v) is 3.39. The molecule has 154 valence electrons. The van der Waals surface area contributed by atoms with Crippen LogP contribution in [0, 0.1) is 0 Å². The number of likely N-dealkylation sites (tertiary alicyclic amines) is 1. The zero-order valence-electron chi connectivity index (χ0n) is 16.7. The number of aromatic nitrogens is 2. The largest absolute Gasteiger partial charge is 0.480 e. The Kier molecular flexibility index (Phi) is 6.08. The number of hydrogen-bond acceptors (Lipinski definition) is 6. The quantitative estimate of drug-likeness (QED) is 0.618. The number of piperidine rings is 1. The van der Waals surface area contributed by atoms with Crippen LogP contribution in [0.2, 0.25) is 0 Å². The van der Waals surface area contributed by atoms with E-state index in [-0.39, 0.29) is 12.0 Å². The lowest BCUT2D eigenvalue weighted by Crippen LogP contribution is -2.44. The van der Waals surface area contributed by atoms with Crippen molar-refractivity contribution in [3.63, 3.8) is 0 Å². The van der Waals surface area contributed by atoms with E-state index in [1.807, 2.05) is 48.5 Å². The molecule has 1 unspecified atom stereocenters. The molecule has 7 nitrogen and oxygen atoms in total. The zero-order chi connectivity index (χ0) is 20.8. The summed E-state index contributed by atoms with van der Waals surface area (Å²) in [7, 11) is 1.53. The van der Waals surface area contributed by atoms with E-state index in [0.29, 0.717) is 41.9 Å². The summed E-state index contributed by atoms with van der Waals surface area (Å²) in [5.41, 5.74) is 0.531. The molecule has 2 heterocycles. The second kappa shape index (κ2) is 9.26. The summed E-state index contributed by atoms with van der Waals surface area (Å²) >= 11 is 0. The van der Waals surface area contributed by atoms with Crippen LogP contribution in [0.4, 0.5) is 0 Å². The van der Waals surface area contributed by atoms with Crippen LogP contribution in [0.25, 0.3) is 0 Å². The summed E-state index contributed by atoms with van der Waals surface area (Å²) in [6.45, 7) is 1.14. The van der Waals surface area contributed by atoms with Gasteiger partial charge in [-0.05, 0) is 37.1 Å². The van der Waals surface area contributed by atoms with Gasteiger partial charge in [0.25, 0.3) is 5.91 Å². The van der Waals surface area contributed by atoms with E-state index in [0.717, 1.165) is 12.8 Å². The SMILES string of the molecule is COc1cncc(OC2CCCN(C(=O)c3ccccc3Oc3ccccc3)C2)n1. The van der Waals surface area contributed by atoms with Crippen LogP contribution in [0.1, 0.15) is 23.2 Å². The number of ether oxygens (including phenoxy) is 3. The summed E-state index contributed by atoms with van der Waals surface area (Å²) < 4.78 is 17.0. The first-order valence-corrected chi connectivity index (χ1v) is 9.87. The van der Waals surface area contributed by atoms with E-state index in [1.54, 1.807) is 17.2 Å². The van der Waals surface area contributed by atoms with Gasteiger partial charge in [0.1, 0.15) is 17.6 Å². The molecule has 0 bridgehead atoms. The number of benzene rings is 2. The van der Waals surface area contributed by atoms with Gasteiger partial charge >= 0.3 is 0 Å². The van der Waals surface area contributed by atoms with Crippen LogP contribution < -0.4 is 14.2 Å². The molecule has 3 aromatic rings. The number of rotatable bonds is 6. The lowest BCUT2D eigenvalue weighted by molar-refractivity contribution is 0.0523. The van der Waals surface area contributed by atoms with E-state index in [4.69, 9.17) is 14.2 Å². The minimum Gasteiger partial charge on any atom is -0.480 e. The van der Waals surface area contributed by atoms with Crippen LogP contribution in [-0.2, 0) is 0 Å². The van der Waals surface area contributed by atoms with Gasteiger partial charge in [-0.1, -0.05) is 30.3 Å². The standard InChI is InChI=1S/C23H23N3O4/c1-28-21-14-24-15-22(25-21)30-18-10-7-13-26(16-18)23(27)19-11-5-6-12-20(19)29-17-8-3-2-4-9-17/h2-6,8-9,11-12,14-15,18H,7,10,13,16H2,1H3. The van der Waals surface area contributed by atoms with Crippen LogP contribution in [0.5, 0.6) is 23.3 Å². The number of methoxy groups -OCH3 is 1. The molecular weight excluding hydrogens is 382 g/mol. The normalized spacial score (nSPS) is 16.0. The van der Waals surface area contributed by atoms with Crippen molar-refractivity contribution >= 4 is 5.91 Å². The molecule has 1 aliphatic heterocycles. The number of amides is 1. The van der Waals surface area contributed by atoms with Gasteiger partial charge in [-0.15, -0.1) is 0 Å². The Morgan fingerprint density at radius 2 is 1.80 bits per heavy atom. The highest BCUT2D eigenvalue weighted by molar-refractivity contribution is 5.97. The van der Waals surface area contributed by atoms with Crippen LogP contribution in [0.3, 0.4) is 0 Å². The second-order valence-electron chi connectivity index (χ2n) is 6.94. The smallest absolute Gasteiger partial charge is 0.257 e. The molecular formula is C23H23N3O4. The molecule has 1 aliphatic rings. The Balaban J connectivity index is 1.47. The molecule has 1 amide bonds. The zero-order valence-corrected chi connectivity index (χ0v) is 16.7. The van der Waals surface area contributed by atoms with Crippen molar-refractivity contribution in [2.24, 2.45) is 0 Å². The van der Waals surface area contributed by atoms with E-state index in [1.165, 1.54) is 13.3 Å². The highest BCUT2D eigenvalue weighted by Gasteiger charge is 2.27. The van der Waals surface area contributed by atoms with E-state index in [2.05, 4.69) is 9.97 Å². The van der Waals surface area contributed by atoms with Gasteiger partial charge in [-0.3, -0.25) is 9.78 Å². The first-order valence-electron chi connectivity index (χ1n) is 9.87. The molecule has 1 atom stereocenters. The maximum Gasteiger partial charge on any atom is 0.257 e. The third-order valence-electron chi connectivity index (χ3n) is 4.84. The monoisotopic (exact) mass is 405 g/mol. The highest BCUT2D eigenvalue weighted by Crippen LogP contribution is 2.27. The third kappa shape index (κ3) is 4.68. The molecule has 1 fully saturated rings. The first-order chi connectivity index (χ1) is 14.7. The molecule has 0 aliphatic carbocycles. The first kappa shape index (κ1) is 19.7. The Labute approximate surface area is 175 Å². The highest BCUT2D eigenvalue weighted by atomic mass is 16.5. The van der Waals surface area contributed by atoms with Crippen molar-refractivity contribution in [2.45, 2.75) is 18.9 Å². The molecule has 0 saturated carbocycles. The molecule has 30 heavy (non-hydrogen) atoms. The average Bonchev–Trinajstić information content (AvgIpc) is 2.80. The van der Waals surface area contributed by atoms with Crippen molar-refractivity contribution < 1.29 is 19.0 Å². The van der Waals surface area contributed by atoms with Crippen molar-refractivity contribution in [1.82, 2.24) is 14.9 Å². The fourth-order valence-electron chi connectivity index (χ4n) is 3.39. The number of hydrogen-bond donors (Lipinski definition) is 0. The molecule has 1 saturated heterocycles. The second-order valence-corrected chi connectivity index (χ2v) is 6.94. The minimum absolute atomic E-state index is 0.0773. The average molecular weight is 405 g/mol. The van der Waals surface area contributed by atoms with Gasteiger partial charge in [0.15, 0.2) is 0 Å². The van der Waals surface area contributed by atoms with Gasteiger partial charge < -0.3 is 19.1 Å². The number of para-hydroxylation sites is 2. The summed E-state index contributed by atoms with van der Waals surface area (Å²) in [5, 5.41) is 0. The Hall–Kier alpha value is -3.61. The van der Waals surface area contributed by atoms with Crippen molar-refractivity contribution in [1.29, 1.82) is 0 Å². The van der Waals surface area contributed by atoms with Gasteiger partial charge in [0.2, 0.25) is 11.8 Å². The van der Waals surface area contributed by atoms with Crippen LogP contribution in [0.15, 0.2) is 67.0 Å². The predicted molar refractivity (Wildman–Crippen MR) is 111 cm³/mol. The molecule has 2 aromatic carbocycles. The van der Waals surface area contributed by atoms with Crippen molar-refractivity contribution in [3.8, 4) is 23.3 Å². The van der Waals surface area contributed by atoms with E-state index >= 15 is 0 Å². The van der Waals surface area contributed by atoms with Gasteiger partial charge in [0.05, 0.1) is 31.6 Å². The number of nitrogens with zero attached hydrogens (tertiary/aromatic N) is 3. The van der Waals surface area contributed by atoms with Gasteiger partial charge in [0, 0.05) is 6.54 Å². The van der Waals surface area contributed by atoms with E-state index < -0.39 is 0 Å². The fraction of sp³-hybridized carbons (Fsp3) is 0.261. The Morgan fingerprint density at radius 3 is 2.63 bits per heavy atom. The topological polar surface area (TPSA) is 73.8 Å². The Morgan fingerprint density at radius 1 is 1.03 bits per heavy atom. The molecule has 0 spiro atoms.